The Morgan fingerprint density at radius 3 is 2.50 bits per heavy atom. The fourth-order valence-electron chi connectivity index (χ4n) is 2.71. The topological polar surface area (TPSA) is 107 Å². The lowest BCUT2D eigenvalue weighted by atomic mass is 10.0. The van der Waals surface area contributed by atoms with E-state index in [0.29, 0.717) is 10.6 Å². The second-order valence-corrected chi connectivity index (χ2v) is 6.44. The molecule has 0 saturated carbocycles. The van der Waals surface area contributed by atoms with Gasteiger partial charge in [-0.3, -0.25) is 24.4 Å². The summed E-state index contributed by atoms with van der Waals surface area (Å²) in [5, 5.41) is 18.1. The normalized spacial score (nSPS) is 10.5. The number of anilines is 1. The molecule has 2 aromatic carbocycles. The number of halogens is 1. The van der Waals surface area contributed by atoms with Crippen LogP contribution in [0.1, 0.15) is 32.1 Å². The van der Waals surface area contributed by atoms with Crippen molar-refractivity contribution in [2.24, 2.45) is 7.05 Å². The number of rotatable bonds is 5. The van der Waals surface area contributed by atoms with Gasteiger partial charge in [0.15, 0.2) is 5.78 Å². The maximum Gasteiger partial charge on any atom is 0.322 e. The molecular weight excluding hydrogens is 384 g/mol. The molecule has 0 aliphatic heterocycles. The van der Waals surface area contributed by atoms with Crippen molar-refractivity contribution in [3.05, 3.63) is 86.2 Å². The van der Waals surface area contributed by atoms with Crippen molar-refractivity contribution in [2.75, 3.05) is 5.32 Å². The molecule has 0 atom stereocenters. The molecule has 0 saturated heterocycles. The van der Waals surface area contributed by atoms with Crippen molar-refractivity contribution in [3.8, 4) is 0 Å². The average molecular weight is 399 g/mol. The summed E-state index contributed by atoms with van der Waals surface area (Å²) in [5.74, 6) is -1.13. The Morgan fingerprint density at radius 1 is 1.18 bits per heavy atom. The number of carbonyl (C=O) groups excluding carboxylic acids is 2. The SMILES string of the molecule is Cc1c([N+](=O)[O-])c(C(=O)Nc2ccc(Cl)cc2C(=O)c2ccccc2)nn1C. The number of hydrogen-bond acceptors (Lipinski definition) is 5. The number of amides is 1. The largest absolute Gasteiger partial charge is 0.322 e. The highest BCUT2D eigenvalue weighted by Crippen LogP contribution is 2.27. The molecule has 9 heteroatoms. The van der Waals surface area contributed by atoms with Gasteiger partial charge in [0.25, 0.3) is 5.91 Å². The third-order valence-electron chi connectivity index (χ3n) is 4.21. The van der Waals surface area contributed by atoms with Gasteiger partial charge >= 0.3 is 5.69 Å². The minimum atomic E-state index is -0.792. The van der Waals surface area contributed by atoms with Gasteiger partial charge in [-0.05, 0) is 25.1 Å². The maximum absolute atomic E-state index is 12.8. The van der Waals surface area contributed by atoms with Crippen LogP contribution >= 0.6 is 11.6 Å². The van der Waals surface area contributed by atoms with E-state index in [4.69, 9.17) is 11.6 Å². The van der Waals surface area contributed by atoms with Gasteiger partial charge < -0.3 is 5.32 Å². The highest BCUT2D eigenvalue weighted by molar-refractivity contribution is 6.31. The lowest BCUT2D eigenvalue weighted by Crippen LogP contribution is -2.17. The fourth-order valence-corrected chi connectivity index (χ4v) is 2.88. The molecule has 142 valence electrons. The van der Waals surface area contributed by atoms with Crippen molar-refractivity contribution in [1.82, 2.24) is 9.78 Å². The smallest absolute Gasteiger partial charge is 0.320 e. The molecule has 0 aliphatic carbocycles. The van der Waals surface area contributed by atoms with Gasteiger partial charge in [-0.15, -0.1) is 0 Å². The first kappa shape index (κ1) is 19.2. The zero-order valence-electron chi connectivity index (χ0n) is 15.0. The lowest BCUT2D eigenvalue weighted by molar-refractivity contribution is -0.385. The summed E-state index contributed by atoms with van der Waals surface area (Å²) in [5.41, 5.74) is 0.290. The van der Waals surface area contributed by atoms with E-state index in [1.54, 1.807) is 30.3 Å². The zero-order valence-corrected chi connectivity index (χ0v) is 15.7. The van der Waals surface area contributed by atoms with Crippen molar-refractivity contribution in [1.29, 1.82) is 0 Å². The predicted molar refractivity (Wildman–Crippen MR) is 104 cm³/mol. The molecule has 0 aliphatic rings. The Bertz CT molecular complexity index is 1090. The maximum atomic E-state index is 12.8. The second kappa shape index (κ2) is 7.61. The molecule has 0 bridgehead atoms. The molecule has 0 unspecified atom stereocenters. The summed E-state index contributed by atoms with van der Waals surface area (Å²) >= 11 is 6.02. The van der Waals surface area contributed by atoms with Crippen molar-refractivity contribution in [2.45, 2.75) is 6.92 Å². The first-order valence-electron chi connectivity index (χ1n) is 8.18. The number of hydrogen-bond donors (Lipinski definition) is 1. The summed E-state index contributed by atoms with van der Waals surface area (Å²) in [7, 11) is 1.51. The molecule has 8 nitrogen and oxygen atoms in total. The first-order valence-corrected chi connectivity index (χ1v) is 8.56. The van der Waals surface area contributed by atoms with Crippen molar-refractivity contribution >= 4 is 34.7 Å². The Kier molecular flexibility index (Phi) is 5.23. The second-order valence-electron chi connectivity index (χ2n) is 6.00. The number of carbonyl (C=O) groups is 2. The van der Waals surface area contributed by atoms with Crippen LogP contribution in [0.3, 0.4) is 0 Å². The van der Waals surface area contributed by atoms with Crippen LogP contribution in [0.2, 0.25) is 5.02 Å². The standard InChI is InChI=1S/C19H15ClN4O4/c1-11-17(24(27)28)16(22-23(11)2)19(26)21-15-9-8-13(20)10-14(15)18(25)12-6-4-3-5-7-12/h3-10H,1-2H3,(H,21,26). The average Bonchev–Trinajstić information content (AvgIpc) is 2.98. The molecule has 28 heavy (non-hydrogen) atoms. The van der Waals surface area contributed by atoms with Gasteiger partial charge in [0.2, 0.25) is 5.69 Å². The Hall–Kier alpha value is -3.52. The van der Waals surface area contributed by atoms with Crippen LogP contribution in [-0.2, 0) is 7.05 Å². The number of aryl methyl sites for hydroxylation is 1. The van der Waals surface area contributed by atoms with E-state index in [1.165, 1.54) is 36.9 Å². The number of nitrogens with zero attached hydrogens (tertiary/aromatic N) is 3. The quantitative estimate of drug-likeness (QED) is 0.400. The van der Waals surface area contributed by atoms with E-state index in [1.807, 2.05) is 0 Å². The van der Waals surface area contributed by atoms with Crippen LogP contribution < -0.4 is 5.32 Å². The summed E-state index contributed by atoms with van der Waals surface area (Å²) < 4.78 is 1.25. The summed E-state index contributed by atoms with van der Waals surface area (Å²) in [4.78, 5) is 36.2. The number of benzene rings is 2. The molecule has 0 radical (unpaired) electrons. The summed E-state index contributed by atoms with van der Waals surface area (Å²) in [6, 6.07) is 12.9. The zero-order chi connectivity index (χ0) is 20.4. The van der Waals surface area contributed by atoms with Gasteiger partial charge in [-0.25, -0.2) is 0 Å². The molecule has 1 aromatic heterocycles. The van der Waals surface area contributed by atoms with Crippen LogP contribution in [0.5, 0.6) is 0 Å². The van der Waals surface area contributed by atoms with E-state index in [2.05, 4.69) is 10.4 Å². The van der Waals surface area contributed by atoms with E-state index >= 15 is 0 Å². The molecule has 1 N–H and O–H groups in total. The van der Waals surface area contributed by atoms with Crippen LogP contribution in [-0.4, -0.2) is 26.4 Å². The third kappa shape index (κ3) is 3.63. The van der Waals surface area contributed by atoms with E-state index in [0.717, 1.165) is 0 Å². The molecule has 3 rings (SSSR count). The molecule has 0 spiro atoms. The molecule has 1 heterocycles. The van der Waals surface area contributed by atoms with Crippen LogP contribution in [0.25, 0.3) is 0 Å². The van der Waals surface area contributed by atoms with E-state index < -0.39 is 10.8 Å². The minimum absolute atomic E-state index is 0.169. The minimum Gasteiger partial charge on any atom is -0.320 e. The Labute approximate surface area is 164 Å². The number of ketones is 1. The van der Waals surface area contributed by atoms with Crippen LogP contribution in [0.4, 0.5) is 11.4 Å². The Morgan fingerprint density at radius 2 is 1.86 bits per heavy atom. The van der Waals surface area contributed by atoms with E-state index in [-0.39, 0.29) is 34.1 Å². The highest BCUT2D eigenvalue weighted by Gasteiger charge is 2.29. The van der Waals surface area contributed by atoms with Gasteiger partial charge in [0.05, 0.1) is 10.6 Å². The van der Waals surface area contributed by atoms with Gasteiger partial charge in [-0.1, -0.05) is 41.9 Å². The molecule has 1 amide bonds. The fraction of sp³-hybridized carbons (Fsp3) is 0.105. The number of aromatic nitrogens is 2. The van der Waals surface area contributed by atoms with Gasteiger partial charge in [0, 0.05) is 23.2 Å². The highest BCUT2D eigenvalue weighted by atomic mass is 35.5. The molecule has 3 aromatic rings. The summed E-state index contributed by atoms with van der Waals surface area (Å²) in [6.07, 6.45) is 0. The number of nitrogens with one attached hydrogen (secondary N) is 1. The predicted octanol–water partition coefficient (Wildman–Crippen LogP) is 3.77. The third-order valence-corrected chi connectivity index (χ3v) is 4.45. The Balaban J connectivity index is 2.00. The van der Waals surface area contributed by atoms with Crippen molar-refractivity contribution in [3.63, 3.8) is 0 Å². The number of nitro groups is 1. The van der Waals surface area contributed by atoms with Crippen LogP contribution in [0, 0.1) is 17.0 Å². The molecule has 0 fully saturated rings. The van der Waals surface area contributed by atoms with Crippen LogP contribution in [0.15, 0.2) is 48.5 Å². The monoisotopic (exact) mass is 398 g/mol. The first-order chi connectivity index (χ1) is 13.3. The van der Waals surface area contributed by atoms with Crippen molar-refractivity contribution < 1.29 is 14.5 Å². The van der Waals surface area contributed by atoms with E-state index in [9.17, 15) is 19.7 Å². The van der Waals surface area contributed by atoms with Gasteiger partial charge in [-0.2, -0.15) is 5.10 Å². The lowest BCUT2D eigenvalue weighted by Gasteiger charge is -2.10. The molecular formula is C19H15ClN4O4. The van der Waals surface area contributed by atoms with Gasteiger partial charge in [0.1, 0.15) is 5.69 Å². The summed E-state index contributed by atoms with van der Waals surface area (Å²) in [6.45, 7) is 1.49.